The van der Waals surface area contributed by atoms with Crippen LogP contribution in [0.25, 0.3) is 11.3 Å². The van der Waals surface area contributed by atoms with Gasteiger partial charge in [0, 0.05) is 29.7 Å². The third-order valence-electron chi connectivity index (χ3n) is 5.04. The van der Waals surface area contributed by atoms with E-state index in [1.165, 1.54) is 0 Å². The molecule has 1 aliphatic heterocycles. The molecule has 0 unspecified atom stereocenters. The fraction of sp³-hybridized carbons (Fsp3) is 0.389. The second-order valence-electron chi connectivity index (χ2n) is 6.74. The van der Waals surface area contributed by atoms with Gasteiger partial charge in [-0.15, -0.1) is 0 Å². The van der Waals surface area contributed by atoms with E-state index in [9.17, 15) is 14.7 Å². The first-order valence-corrected chi connectivity index (χ1v) is 8.65. The molecule has 25 heavy (non-hydrogen) atoms. The van der Waals surface area contributed by atoms with E-state index in [0.717, 1.165) is 18.4 Å². The molecular weight excluding hydrogens is 344 g/mol. The first kappa shape index (κ1) is 16.1. The Labute approximate surface area is 149 Å². The highest BCUT2D eigenvalue weighted by molar-refractivity contribution is 6.30. The molecule has 1 saturated heterocycles. The number of carbonyl (C=O) groups excluding carboxylic acids is 1. The molecule has 1 aromatic heterocycles. The zero-order valence-electron chi connectivity index (χ0n) is 13.4. The van der Waals surface area contributed by atoms with Gasteiger partial charge in [0.1, 0.15) is 5.69 Å². The van der Waals surface area contributed by atoms with Crippen LogP contribution < -0.4 is 0 Å². The Balaban J connectivity index is 1.53. The van der Waals surface area contributed by atoms with Gasteiger partial charge < -0.3 is 14.5 Å². The number of hydrogen-bond acceptors (Lipinski definition) is 4. The van der Waals surface area contributed by atoms with Gasteiger partial charge in [0.15, 0.2) is 0 Å². The van der Waals surface area contributed by atoms with E-state index in [1.807, 2.05) is 6.07 Å². The molecule has 2 atom stereocenters. The first-order chi connectivity index (χ1) is 12.0. The second-order valence-corrected chi connectivity index (χ2v) is 7.18. The van der Waals surface area contributed by atoms with E-state index >= 15 is 0 Å². The minimum atomic E-state index is -0.829. The van der Waals surface area contributed by atoms with E-state index in [0.29, 0.717) is 23.2 Å². The number of nitrogens with zero attached hydrogens (tertiary/aromatic N) is 2. The molecule has 1 saturated carbocycles. The number of aromatic nitrogens is 1. The Morgan fingerprint density at radius 1 is 1.24 bits per heavy atom. The largest absolute Gasteiger partial charge is 0.481 e. The van der Waals surface area contributed by atoms with Crippen LogP contribution in [0.15, 0.2) is 34.9 Å². The van der Waals surface area contributed by atoms with Crippen molar-refractivity contribution in [2.24, 2.45) is 17.8 Å². The summed E-state index contributed by atoms with van der Waals surface area (Å²) < 4.78 is 5.21. The number of carboxylic acids is 1. The molecule has 2 aromatic rings. The van der Waals surface area contributed by atoms with Crippen LogP contribution >= 0.6 is 11.6 Å². The lowest BCUT2D eigenvalue weighted by molar-refractivity contribution is -0.142. The van der Waals surface area contributed by atoms with Crippen molar-refractivity contribution in [2.45, 2.75) is 12.8 Å². The molecule has 2 aliphatic rings. The summed E-state index contributed by atoms with van der Waals surface area (Å²) in [5.74, 6) is -1.05. The lowest BCUT2D eigenvalue weighted by atomic mass is 9.92. The van der Waals surface area contributed by atoms with E-state index in [1.54, 1.807) is 29.2 Å². The quantitative estimate of drug-likeness (QED) is 0.905. The van der Waals surface area contributed by atoms with E-state index in [2.05, 4.69) is 5.16 Å². The Bertz CT molecular complexity index is 830. The maximum absolute atomic E-state index is 12.7. The molecule has 6 nitrogen and oxygen atoms in total. The van der Waals surface area contributed by atoms with Gasteiger partial charge in [0.2, 0.25) is 5.76 Å². The van der Waals surface area contributed by atoms with Crippen LogP contribution in [0.5, 0.6) is 0 Å². The molecule has 2 fully saturated rings. The summed E-state index contributed by atoms with van der Waals surface area (Å²) in [5.41, 5.74) is 1.29. The number of carboxylic acid groups (broad SMARTS) is 1. The van der Waals surface area contributed by atoms with Crippen LogP contribution in [0, 0.1) is 17.8 Å². The first-order valence-electron chi connectivity index (χ1n) is 8.27. The van der Waals surface area contributed by atoms with Crippen LogP contribution in [0.4, 0.5) is 0 Å². The summed E-state index contributed by atoms with van der Waals surface area (Å²) in [6.07, 6.45) is 2.11. The molecule has 130 valence electrons. The van der Waals surface area contributed by atoms with Crippen LogP contribution in [-0.2, 0) is 4.79 Å². The highest BCUT2D eigenvalue weighted by Gasteiger charge is 2.47. The molecule has 4 rings (SSSR count). The monoisotopic (exact) mass is 360 g/mol. The molecule has 0 spiro atoms. The predicted molar refractivity (Wildman–Crippen MR) is 90.2 cm³/mol. The smallest absolute Gasteiger partial charge is 0.308 e. The lowest BCUT2D eigenvalue weighted by Crippen LogP contribution is -2.29. The summed E-state index contributed by atoms with van der Waals surface area (Å²) in [7, 11) is 0. The van der Waals surface area contributed by atoms with Crippen molar-refractivity contribution in [1.29, 1.82) is 0 Å². The number of halogens is 1. The van der Waals surface area contributed by atoms with Gasteiger partial charge in [0.25, 0.3) is 5.91 Å². The van der Waals surface area contributed by atoms with Crippen molar-refractivity contribution >= 4 is 23.5 Å². The standard InChI is InChI=1S/C18H17ClN2O4/c19-12-3-1-2-11(6-12)15-7-16(25-20-15)17(22)21-8-13(10-4-5-10)14(9-21)18(23)24/h1-3,6-7,10,13-14H,4-5,8-9H2,(H,23,24)/t13-,14+/m1/s1. The number of benzene rings is 1. The van der Waals surface area contributed by atoms with Crippen molar-refractivity contribution in [3.05, 3.63) is 41.1 Å². The Morgan fingerprint density at radius 2 is 2.04 bits per heavy atom. The molecule has 7 heteroatoms. The molecule has 1 amide bonds. The maximum Gasteiger partial charge on any atom is 0.308 e. The van der Waals surface area contributed by atoms with E-state index in [4.69, 9.17) is 16.1 Å². The van der Waals surface area contributed by atoms with E-state index in [-0.39, 0.29) is 24.1 Å². The van der Waals surface area contributed by atoms with Crippen LogP contribution in [0.3, 0.4) is 0 Å². The fourth-order valence-corrected chi connectivity index (χ4v) is 3.76. The van der Waals surface area contributed by atoms with Crippen molar-refractivity contribution in [3.8, 4) is 11.3 Å². The normalized spacial score (nSPS) is 23.0. The summed E-state index contributed by atoms with van der Waals surface area (Å²) in [6, 6.07) is 8.70. The topological polar surface area (TPSA) is 83.6 Å². The lowest BCUT2D eigenvalue weighted by Gasteiger charge is -2.13. The summed E-state index contributed by atoms with van der Waals surface area (Å²) >= 11 is 5.98. The molecule has 2 heterocycles. The SMILES string of the molecule is O=C(O)[C@H]1CN(C(=O)c2cc(-c3cccc(Cl)c3)no2)C[C@@H]1C1CC1. The third-order valence-corrected chi connectivity index (χ3v) is 5.27. The zero-order chi connectivity index (χ0) is 17.6. The summed E-state index contributed by atoms with van der Waals surface area (Å²) in [5, 5.41) is 13.9. The average molecular weight is 361 g/mol. The van der Waals surface area contributed by atoms with Gasteiger partial charge in [-0.3, -0.25) is 9.59 Å². The Hall–Kier alpha value is -2.34. The molecule has 1 aromatic carbocycles. The predicted octanol–water partition coefficient (Wildman–Crippen LogP) is 3.18. The van der Waals surface area contributed by atoms with Crippen molar-refractivity contribution in [2.75, 3.05) is 13.1 Å². The van der Waals surface area contributed by atoms with Gasteiger partial charge >= 0.3 is 5.97 Å². The van der Waals surface area contributed by atoms with Crippen molar-refractivity contribution < 1.29 is 19.2 Å². The minimum Gasteiger partial charge on any atom is -0.481 e. The molecule has 0 bridgehead atoms. The Kier molecular flexibility index (Phi) is 4.00. The van der Waals surface area contributed by atoms with Gasteiger partial charge in [-0.05, 0) is 36.8 Å². The van der Waals surface area contributed by atoms with Gasteiger partial charge in [-0.25, -0.2) is 0 Å². The molecule has 1 N–H and O–H groups in total. The van der Waals surface area contributed by atoms with Gasteiger partial charge in [-0.1, -0.05) is 28.9 Å². The van der Waals surface area contributed by atoms with Crippen molar-refractivity contribution in [3.63, 3.8) is 0 Å². The number of likely N-dealkylation sites (tertiary alicyclic amines) is 1. The van der Waals surface area contributed by atoms with Crippen molar-refractivity contribution in [1.82, 2.24) is 10.1 Å². The third kappa shape index (κ3) is 3.14. The average Bonchev–Trinajstić information content (AvgIpc) is 3.14. The van der Waals surface area contributed by atoms with Gasteiger partial charge in [0.05, 0.1) is 5.92 Å². The van der Waals surface area contributed by atoms with E-state index < -0.39 is 11.9 Å². The minimum absolute atomic E-state index is 0.0387. The second kappa shape index (κ2) is 6.19. The number of rotatable bonds is 4. The summed E-state index contributed by atoms with van der Waals surface area (Å²) in [4.78, 5) is 25.7. The number of carbonyl (C=O) groups is 2. The summed E-state index contributed by atoms with van der Waals surface area (Å²) in [6.45, 7) is 0.691. The zero-order valence-corrected chi connectivity index (χ0v) is 14.1. The molecule has 1 aliphatic carbocycles. The number of aliphatic carboxylic acids is 1. The van der Waals surface area contributed by atoms with Crippen LogP contribution in [0.2, 0.25) is 5.02 Å². The molecule has 0 radical (unpaired) electrons. The van der Waals surface area contributed by atoms with Crippen LogP contribution in [0.1, 0.15) is 23.4 Å². The highest BCUT2D eigenvalue weighted by Crippen LogP contribution is 2.44. The number of amides is 1. The maximum atomic E-state index is 12.7. The fourth-order valence-electron chi connectivity index (χ4n) is 3.57. The highest BCUT2D eigenvalue weighted by atomic mass is 35.5. The number of hydrogen-bond donors (Lipinski definition) is 1. The van der Waals surface area contributed by atoms with Gasteiger partial charge in [-0.2, -0.15) is 0 Å². The Morgan fingerprint density at radius 3 is 2.72 bits per heavy atom. The van der Waals surface area contributed by atoms with Crippen LogP contribution in [-0.4, -0.2) is 40.1 Å². The molecular formula is C18H17ClN2O4.